The Morgan fingerprint density at radius 3 is 2.91 bits per heavy atom. The van der Waals surface area contributed by atoms with Crippen LogP contribution in [0.3, 0.4) is 0 Å². The second-order valence-corrected chi connectivity index (χ2v) is 9.69. The van der Waals surface area contributed by atoms with Crippen LogP contribution in [0.1, 0.15) is 47.3 Å². The average Bonchev–Trinajstić information content (AvgIpc) is 2.88. The molecule has 1 amide bonds. The van der Waals surface area contributed by atoms with E-state index in [0.717, 1.165) is 24.8 Å². The standard InChI is InChI=1S/C15H21NO4S2/c1-20-9-11-7-13(21-10-11)14(17)16-12-3-6-22(18,19)15(8-12)4-2-5-15/h7,10,12H,2-6,8-9H2,1H3,(H,16,17). The van der Waals surface area contributed by atoms with Gasteiger partial charge in [-0.05, 0) is 42.7 Å². The number of sulfone groups is 1. The third kappa shape index (κ3) is 2.81. The Bertz CT molecular complexity index is 661. The molecule has 1 spiro atoms. The maximum Gasteiger partial charge on any atom is 0.261 e. The smallest absolute Gasteiger partial charge is 0.261 e. The number of carbonyl (C=O) groups is 1. The van der Waals surface area contributed by atoms with Gasteiger partial charge in [0, 0.05) is 13.2 Å². The first kappa shape index (κ1) is 16.0. The zero-order valence-corrected chi connectivity index (χ0v) is 14.3. The number of hydrogen-bond acceptors (Lipinski definition) is 5. The van der Waals surface area contributed by atoms with Crippen molar-refractivity contribution in [3.63, 3.8) is 0 Å². The molecule has 0 aromatic carbocycles. The van der Waals surface area contributed by atoms with Crippen molar-refractivity contribution in [3.05, 3.63) is 21.9 Å². The molecule has 1 aliphatic carbocycles. The van der Waals surface area contributed by atoms with Gasteiger partial charge in [-0.25, -0.2) is 8.42 Å². The van der Waals surface area contributed by atoms with Crippen LogP contribution < -0.4 is 5.32 Å². The Labute approximate surface area is 135 Å². The topological polar surface area (TPSA) is 72.5 Å². The van der Waals surface area contributed by atoms with Gasteiger partial charge >= 0.3 is 0 Å². The van der Waals surface area contributed by atoms with Crippen LogP contribution in [0, 0.1) is 0 Å². The number of nitrogens with one attached hydrogen (secondary N) is 1. The highest BCUT2D eigenvalue weighted by Crippen LogP contribution is 2.46. The summed E-state index contributed by atoms with van der Waals surface area (Å²) in [6, 6.07) is 1.80. The third-order valence-corrected chi connectivity index (χ3v) is 8.45. The summed E-state index contributed by atoms with van der Waals surface area (Å²) in [5.74, 6) is 0.0863. The number of methoxy groups -OCH3 is 1. The molecule has 7 heteroatoms. The van der Waals surface area contributed by atoms with Gasteiger partial charge in [-0.15, -0.1) is 11.3 Å². The lowest BCUT2D eigenvalue weighted by molar-refractivity contribution is 0.0928. The van der Waals surface area contributed by atoms with Gasteiger partial charge in [0.2, 0.25) is 0 Å². The summed E-state index contributed by atoms with van der Waals surface area (Å²) in [6.07, 6.45) is 3.56. The van der Waals surface area contributed by atoms with Gasteiger partial charge in [0.1, 0.15) is 0 Å². The minimum Gasteiger partial charge on any atom is -0.380 e. The molecule has 3 rings (SSSR count). The minimum absolute atomic E-state index is 0.0377. The van der Waals surface area contributed by atoms with Gasteiger partial charge in [0.25, 0.3) is 5.91 Å². The van der Waals surface area contributed by atoms with Gasteiger partial charge in [0.05, 0.1) is 22.0 Å². The van der Waals surface area contributed by atoms with Crippen LogP contribution in [0.2, 0.25) is 0 Å². The fraction of sp³-hybridized carbons (Fsp3) is 0.667. The molecule has 22 heavy (non-hydrogen) atoms. The van der Waals surface area contributed by atoms with Gasteiger partial charge in [0.15, 0.2) is 9.84 Å². The molecule has 2 aliphatic rings. The van der Waals surface area contributed by atoms with Crippen molar-refractivity contribution >= 4 is 27.1 Å². The van der Waals surface area contributed by atoms with Gasteiger partial charge < -0.3 is 10.1 Å². The molecule has 0 radical (unpaired) electrons. The molecule has 1 aliphatic heterocycles. The van der Waals surface area contributed by atoms with E-state index in [1.807, 2.05) is 11.4 Å². The van der Waals surface area contributed by atoms with E-state index < -0.39 is 14.6 Å². The van der Waals surface area contributed by atoms with E-state index in [1.165, 1.54) is 11.3 Å². The summed E-state index contributed by atoms with van der Waals surface area (Å²) in [7, 11) is -1.37. The van der Waals surface area contributed by atoms with Crippen molar-refractivity contribution in [1.29, 1.82) is 0 Å². The molecule has 1 aromatic rings. The lowest BCUT2D eigenvalue weighted by Crippen LogP contribution is -2.55. The lowest BCUT2D eigenvalue weighted by atomic mass is 9.79. The quantitative estimate of drug-likeness (QED) is 0.909. The van der Waals surface area contributed by atoms with E-state index in [4.69, 9.17) is 4.74 Å². The summed E-state index contributed by atoms with van der Waals surface area (Å²) in [4.78, 5) is 13.0. The third-order valence-electron chi connectivity index (χ3n) is 4.80. The molecule has 0 bridgehead atoms. The second-order valence-electron chi connectivity index (χ2n) is 6.27. The van der Waals surface area contributed by atoms with Gasteiger partial charge in [-0.3, -0.25) is 4.79 Å². The Morgan fingerprint density at radius 2 is 2.27 bits per heavy atom. The Kier molecular flexibility index (Phi) is 4.31. The fourth-order valence-electron chi connectivity index (χ4n) is 3.39. The van der Waals surface area contributed by atoms with E-state index in [-0.39, 0.29) is 17.7 Å². The predicted molar refractivity (Wildman–Crippen MR) is 85.9 cm³/mol. The van der Waals surface area contributed by atoms with Crippen LogP contribution in [-0.2, 0) is 21.2 Å². The maximum atomic E-state index is 12.3. The zero-order valence-electron chi connectivity index (χ0n) is 12.6. The number of carbonyl (C=O) groups excluding carboxylic acids is 1. The molecule has 1 saturated heterocycles. The van der Waals surface area contributed by atoms with E-state index in [2.05, 4.69) is 5.32 Å². The van der Waals surface area contributed by atoms with E-state index in [0.29, 0.717) is 24.3 Å². The molecule has 1 aromatic heterocycles. The van der Waals surface area contributed by atoms with E-state index >= 15 is 0 Å². The highest BCUT2D eigenvalue weighted by atomic mass is 32.2. The zero-order chi connectivity index (χ0) is 15.8. The van der Waals surface area contributed by atoms with Crippen molar-refractivity contribution in [2.75, 3.05) is 12.9 Å². The highest BCUT2D eigenvalue weighted by molar-refractivity contribution is 7.92. The molecule has 1 unspecified atom stereocenters. The lowest BCUT2D eigenvalue weighted by Gasteiger charge is -2.46. The van der Waals surface area contributed by atoms with E-state index in [9.17, 15) is 13.2 Å². The van der Waals surface area contributed by atoms with Gasteiger partial charge in [-0.2, -0.15) is 0 Å². The van der Waals surface area contributed by atoms with Crippen molar-refractivity contribution in [2.45, 2.75) is 49.5 Å². The highest BCUT2D eigenvalue weighted by Gasteiger charge is 2.52. The molecule has 2 fully saturated rings. The number of ether oxygens (including phenoxy) is 1. The summed E-state index contributed by atoms with van der Waals surface area (Å²) >= 11 is 1.40. The first-order valence-corrected chi connectivity index (χ1v) is 10.1. The molecule has 5 nitrogen and oxygen atoms in total. The Hall–Kier alpha value is -0.920. The Balaban J connectivity index is 1.64. The van der Waals surface area contributed by atoms with Crippen molar-refractivity contribution < 1.29 is 17.9 Å². The molecule has 2 heterocycles. The van der Waals surface area contributed by atoms with Gasteiger partial charge in [-0.1, -0.05) is 6.42 Å². The van der Waals surface area contributed by atoms with Crippen LogP contribution in [0.5, 0.6) is 0 Å². The largest absolute Gasteiger partial charge is 0.380 e. The maximum absolute atomic E-state index is 12.3. The predicted octanol–water partition coefficient (Wildman–Crippen LogP) is 2.12. The first-order chi connectivity index (χ1) is 10.5. The normalized spacial score (nSPS) is 25.6. The number of hydrogen-bond donors (Lipinski definition) is 1. The summed E-state index contributed by atoms with van der Waals surface area (Å²) < 4.78 is 29.0. The molecule has 122 valence electrons. The van der Waals surface area contributed by atoms with E-state index in [1.54, 1.807) is 7.11 Å². The summed E-state index contributed by atoms with van der Waals surface area (Å²) in [6.45, 7) is 0.495. The number of thiophene rings is 1. The SMILES string of the molecule is COCc1csc(C(=O)NC2CCS(=O)(=O)C3(CCC3)C2)c1. The van der Waals surface area contributed by atoms with Crippen LogP contribution in [-0.4, -0.2) is 38.0 Å². The van der Waals surface area contributed by atoms with Crippen LogP contribution in [0.4, 0.5) is 0 Å². The van der Waals surface area contributed by atoms with Crippen molar-refractivity contribution in [2.24, 2.45) is 0 Å². The van der Waals surface area contributed by atoms with Crippen molar-refractivity contribution in [1.82, 2.24) is 5.32 Å². The summed E-state index contributed by atoms with van der Waals surface area (Å²) in [5.41, 5.74) is 0.985. The number of rotatable bonds is 4. The summed E-state index contributed by atoms with van der Waals surface area (Å²) in [5, 5.41) is 4.93. The minimum atomic E-state index is -2.99. The molecule has 1 N–H and O–H groups in total. The van der Waals surface area contributed by atoms with Crippen LogP contribution >= 0.6 is 11.3 Å². The monoisotopic (exact) mass is 343 g/mol. The molecule has 1 atom stereocenters. The van der Waals surface area contributed by atoms with Crippen LogP contribution in [0.25, 0.3) is 0 Å². The fourth-order valence-corrected chi connectivity index (χ4v) is 6.59. The second kappa shape index (κ2) is 5.94. The molecule has 1 saturated carbocycles. The Morgan fingerprint density at radius 1 is 1.50 bits per heavy atom. The van der Waals surface area contributed by atoms with Crippen molar-refractivity contribution in [3.8, 4) is 0 Å². The average molecular weight is 343 g/mol. The van der Waals surface area contributed by atoms with Crippen LogP contribution in [0.15, 0.2) is 11.4 Å². The molecular weight excluding hydrogens is 322 g/mol. The molecular formula is C15H21NO4S2. The number of amides is 1. The first-order valence-electron chi connectivity index (χ1n) is 7.55.